The van der Waals surface area contributed by atoms with Crippen molar-refractivity contribution in [3.63, 3.8) is 0 Å². The van der Waals surface area contributed by atoms with Crippen molar-refractivity contribution < 1.29 is 27.9 Å². The van der Waals surface area contributed by atoms with E-state index in [1.54, 1.807) is 24.0 Å². The number of halogens is 3. The minimum atomic E-state index is -5.08. The van der Waals surface area contributed by atoms with E-state index in [9.17, 15) is 18.0 Å². The SMILES string of the molecule is CN1[C@H](Cn2cncn2)C[C@@H]2CN(C(=O)Cc3cccs3)CC[C@@H]21.O=C(O)C(F)(F)F. The predicted octanol–water partition coefficient (Wildman–Crippen LogP) is 2.14. The fourth-order valence-corrected chi connectivity index (χ4v) is 4.92. The van der Waals surface area contributed by atoms with Gasteiger partial charge in [-0.1, -0.05) is 6.07 Å². The van der Waals surface area contributed by atoms with Crippen LogP contribution in [0.15, 0.2) is 30.2 Å². The molecule has 12 heteroatoms. The van der Waals surface area contributed by atoms with Crippen molar-refractivity contribution in [2.45, 2.75) is 44.1 Å². The van der Waals surface area contributed by atoms with Crippen LogP contribution in [-0.2, 0) is 22.6 Å². The molecule has 2 aromatic heterocycles. The highest BCUT2D eigenvalue weighted by Crippen LogP contribution is 2.35. The largest absolute Gasteiger partial charge is 0.490 e. The molecule has 2 saturated heterocycles. The Hall–Kier alpha value is -2.47. The maximum Gasteiger partial charge on any atom is 0.490 e. The summed E-state index contributed by atoms with van der Waals surface area (Å²) >= 11 is 1.67. The van der Waals surface area contributed by atoms with Gasteiger partial charge in [-0.15, -0.1) is 11.3 Å². The number of thiophene rings is 1. The summed E-state index contributed by atoms with van der Waals surface area (Å²) in [5.41, 5.74) is 0. The normalized spacial score (nSPS) is 23.7. The number of likely N-dealkylation sites (N-methyl/N-ethyl adjacent to an activating group) is 1. The van der Waals surface area contributed by atoms with Crippen molar-refractivity contribution in [2.24, 2.45) is 5.92 Å². The molecule has 0 bridgehead atoms. The number of hydrogen-bond donors (Lipinski definition) is 1. The fraction of sp³-hybridized carbons (Fsp3) is 0.579. The van der Waals surface area contributed by atoms with Gasteiger partial charge in [-0.25, -0.2) is 9.78 Å². The Balaban J connectivity index is 0.000000339. The molecule has 4 heterocycles. The van der Waals surface area contributed by atoms with Crippen LogP contribution < -0.4 is 0 Å². The molecule has 0 aromatic carbocycles. The first-order chi connectivity index (χ1) is 14.6. The Morgan fingerprint density at radius 1 is 1.35 bits per heavy atom. The number of amides is 1. The Morgan fingerprint density at radius 2 is 2.10 bits per heavy atom. The first-order valence-electron chi connectivity index (χ1n) is 9.79. The molecule has 0 radical (unpaired) electrons. The number of alkyl halides is 3. The van der Waals surface area contributed by atoms with Crippen LogP contribution in [0.5, 0.6) is 0 Å². The van der Waals surface area contributed by atoms with Gasteiger partial charge in [-0.2, -0.15) is 18.3 Å². The van der Waals surface area contributed by atoms with Crippen molar-refractivity contribution in [3.8, 4) is 0 Å². The Labute approximate surface area is 181 Å². The van der Waals surface area contributed by atoms with E-state index in [1.165, 1.54) is 0 Å². The Morgan fingerprint density at radius 3 is 2.68 bits per heavy atom. The summed E-state index contributed by atoms with van der Waals surface area (Å²) in [7, 11) is 2.22. The van der Waals surface area contributed by atoms with Crippen LogP contribution >= 0.6 is 11.3 Å². The second-order valence-corrected chi connectivity index (χ2v) is 8.72. The number of aliphatic carboxylic acids is 1. The maximum atomic E-state index is 12.6. The summed E-state index contributed by atoms with van der Waals surface area (Å²) in [6.45, 7) is 2.66. The summed E-state index contributed by atoms with van der Waals surface area (Å²) in [5.74, 6) is -1.91. The first-order valence-corrected chi connectivity index (χ1v) is 10.7. The van der Waals surface area contributed by atoms with Crippen molar-refractivity contribution >= 4 is 23.2 Å². The van der Waals surface area contributed by atoms with Gasteiger partial charge in [-0.05, 0) is 37.3 Å². The number of fused-ring (bicyclic) bond motifs is 1. The lowest BCUT2D eigenvalue weighted by atomic mass is 9.92. The van der Waals surface area contributed by atoms with Gasteiger partial charge in [0.2, 0.25) is 5.91 Å². The standard InChI is InChI=1S/C17H23N5OS.C2HF3O2/c1-20-14(10-22-12-18-11-19-22)7-13-9-21(5-4-16(13)20)17(23)8-15-3-2-6-24-15;3-2(4,5)1(6)7/h2-3,6,11-14,16H,4-5,7-10H2,1H3;(H,6,7)/t13-,14+,16+;/m1./s1. The topological polar surface area (TPSA) is 91.6 Å². The molecule has 1 N–H and O–H groups in total. The third-order valence-corrected chi connectivity index (χ3v) is 6.61. The smallest absolute Gasteiger partial charge is 0.475 e. The maximum absolute atomic E-state index is 12.6. The third kappa shape index (κ3) is 6.03. The number of carboxylic acids is 1. The van der Waals surface area contributed by atoms with E-state index in [-0.39, 0.29) is 5.91 Å². The van der Waals surface area contributed by atoms with E-state index in [0.717, 1.165) is 37.4 Å². The lowest BCUT2D eigenvalue weighted by Crippen LogP contribution is -2.48. The third-order valence-electron chi connectivity index (χ3n) is 5.73. The predicted molar refractivity (Wildman–Crippen MR) is 106 cm³/mol. The number of nitrogens with zero attached hydrogens (tertiary/aromatic N) is 5. The minimum Gasteiger partial charge on any atom is -0.475 e. The second kappa shape index (κ2) is 9.77. The van der Waals surface area contributed by atoms with Crippen LogP contribution in [0.2, 0.25) is 0 Å². The van der Waals surface area contributed by atoms with Crippen molar-refractivity contribution in [2.75, 3.05) is 20.1 Å². The summed E-state index contributed by atoms with van der Waals surface area (Å²) < 4.78 is 33.7. The quantitative estimate of drug-likeness (QED) is 0.753. The molecule has 3 atom stereocenters. The number of likely N-dealkylation sites (tertiary alicyclic amines) is 2. The van der Waals surface area contributed by atoms with Gasteiger partial charge in [0.1, 0.15) is 12.7 Å². The van der Waals surface area contributed by atoms with Gasteiger partial charge in [0.15, 0.2) is 0 Å². The zero-order valence-corrected chi connectivity index (χ0v) is 17.7. The van der Waals surface area contributed by atoms with E-state index in [2.05, 4.69) is 26.9 Å². The molecule has 2 aromatic rings. The summed E-state index contributed by atoms with van der Waals surface area (Å²) in [6.07, 6.45) is 1.04. The summed E-state index contributed by atoms with van der Waals surface area (Å²) in [6, 6.07) is 5.13. The highest BCUT2D eigenvalue weighted by molar-refractivity contribution is 7.10. The zero-order chi connectivity index (χ0) is 22.6. The number of piperidine rings is 1. The highest BCUT2D eigenvalue weighted by atomic mass is 32.1. The van der Waals surface area contributed by atoms with Gasteiger partial charge in [0, 0.05) is 30.1 Å². The van der Waals surface area contributed by atoms with E-state index < -0.39 is 12.1 Å². The number of aromatic nitrogens is 3. The van der Waals surface area contributed by atoms with Crippen LogP contribution in [0.3, 0.4) is 0 Å². The van der Waals surface area contributed by atoms with Crippen LogP contribution in [0.4, 0.5) is 13.2 Å². The molecule has 0 spiro atoms. The molecular formula is C19H24F3N5O3S. The van der Waals surface area contributed by atoms with Crippen molar-refractivity contribution in [1.29, 1.82) is 0 Å². The second-order valence-electron chi connectivity index (χ2n) is 7.69. The minimum absolute atomic E-state index is 0.276. The molecule has 2 aliphatic heterocycles. The lowest BCUT2D eigenvalue weighted by molar-refractivity contribution is -0.192. The van der Waals surface area contributed by atoms with Crippen LogP contribution in [0.1, 0.15) is 17.7 Å². The van der Waals surface area contributed by atoms with E-state index >= 15 is 0 Å². The average Bonchev–Trinajstić information content (AvgIpc) is 3.45. The monoisotopic (exact) mass is 459 g/mol. The molecule has 0 aliphatic carbocycles. The van der Waals surface area contributed by atoms with E-state index in [0.29, 0.717) is 24.4 Å². The number of carbonyl (C=O) groups is 2. The van der Waals surface area contributed by atoms with Crippen LogP contribution in [0, 0.1) is 5.92 Å². The number of carboxylic acid groups (broad SMARTS) is 1. The van der Waals surface area contributed by atoms with Crippen molar-refractivity contribution in [3.05, 3.63) is 35.0 Å². The molecule has 31 heavy (non-hydrogen) atoms. The molecule has 1 amide bonds. The van der Waals surface area contributed by atoms with Crippen LogP contribution in [-0.4, -0.2) is 79.9 Å². The molecular weight excluding hydrogens is 435 g/mol. The molecule has 0 saturated carbocycles. The van der Waals surface area contributed by atoms with Gasteiger partial charge >= 0.3 is 12.1 Å². The Bertz CT molecular complexity index is 860. The number of carbonyl (C=O) groups excluding carboxylic acids is 1. The van der Waals surface area contributed by atoms with Gasteiger partial charge in [0.05, 0.1) is 13.0 Å². The van der Waals surface area contributed by atoms with Crippen molar-refractivity contribution in [1.82, 2.24) is 24.6 Å². The lowest BCUT2D eigenvalue weighted by Gasteiger charge is -2.37. The zero-order valence-electron chi connectivity index (χ0n) is 16.9. The molecule has 8 nitrogen and oxygen atoms in total. The Kier molecular flexibility index (Phi) is 7.31. The molecule has 4 rings (SSSR count). The number of rotatable bonds is 4. The first kappa shape index (κ1) is 23.2. The molecule has 0 unspecified atom stereocenters. The van der Waals surface area contributed by atoms with Crippen LogP contribution in [0.25, 0.3) is 0 Å². The van der Waals surface area contributed by atoms with E-state index in [1.807, 2.05) is 22.2 Å². The van der Waals surface area contributed by atoms with E-state index in [4.69, 9.17) is 9.90 Å². The summed E-state index contributed by atoms with van der Waals surface area (Å²) in [4.78, 5) is 31.2. The molecule has 2 fully saturated rings. The van der Waals surface area contributed by atoms with Gasteiger partial charge in [0.25, 0.3) is 0 Å². The molecule has 170 valence electrons. The van der Waals surface area contributed by atoms with Gasteiger partial charge < -0.3 is 10.0 Å². The average molecular weight is 459 g/mol. The van der Waals surface area contributed by atoms with Gasteiger partial charge in [-0.3, -0.25) is 14.4 Å². The highest BCUT2D eigenvalue weighted by Gasteiger charge is 2.43. The fourth-order valence-electron chi connectivity index (χ4n) is 4.22. The summed E-state index contributed by atoms with van der Waals surface area (Å²) in [5, 5.41) is 13.4. The molecule has 2 aliphatic rings. The number of hydrogen-bond acceptors (Lipinski definition) is 6.